The molecular formula is C12H7F4NO3S. The molecule has 1 saturated heterocycles. The van der Waals surface area contributed by atoms with Crippen LogP contribution in [-0.2, 0) is 4.79 Å². The van der Waals surface area contributed by atoms with Gasteiger partial charge >= 0.3 is 12.5 Å². The van der Waals surface area contributed by atoms with E-state index in [1.165, 1.54) is 18.2 Å². The van der Waals surface area contributed by atoms with Gasteiger partial charge in [0.2, 0.25) is 0 Å². The zero-order chi connectivity index (χ0) is 15.6. The highest BCUT2D eigenvalue weighted by molar-refractivity contribution is 8.18. The average Bonchev–Trinajstić information content (AvgIpc) is 2.69. The molecule has 1 N–H and O–H groups in total. The van der Waals surface area contributed by atoms with Gasteiger partial charge < -0.3 is 4.74 Å². The number of nitrogens with one attached hydrogen (secondary N) is 1. The zero-order valence-electron chi connectivity index (χ0n) is 10.1. The van der Waals surface area contributed by atoms with E-state index in [9.17, 15) is 27.2 Å². The summed E-state index contributed by atoms with van der Waals surface area (Å²) in [5.74, 6) is -0.854. The number of amides is 2. The molecule has 0 bridgehead atoms. The predicted octanol–water partition coefficient (Wildman–Crippen LogP) is 3.25. The van der Waals surface area contributed by atoms with E-state index < -0.39 is 23.7 Å². The maximum Gasteiger partial charge on any atom is 0.457 e. The fourth-order valence-corrected chi connectivity index (χ4v) is 2.08. The smallest absolute Gasteiger partial charge is 0.452 e. The third-order valence-corrected chi connectivity index (χ3v) is 3.13. The second-order valence-corrected chi connectivity index (χ2v) is 4.91. The standard InChI is InChI=1S/C12H7F4NO3S/c13-10(12(14,15)16)20-7-3-1-6(2-4-7)5-8-9(18)17-11(19)21-8/h1-5,10H,(H,17,18,19)/b8-5-. The maximum atomic E-state index is 12.7. The number of carbonyl (C=O) groups excluding carboxylic acids is 2. The van der Waals surface area contributed by atoms with Gasteiger partial charge in [-0.15, -0.1) is 0 Å². The molecule has 1 fully saturated rings. The Morgan fingerprint density at radius 1 is 1.19 bits per heavy atom. The number of carbonyl (C=O) groups is 2. The van der Waals surface area contributed by atoms with Crippen LogP contribution in [0.3, 0.4) is 0 Å². The lowest BCUT2D eigenvalue weighted by atomic mass is 10.2. The van der Waals surface area contributed by atoms with E-state index in [1.807, 2.05) is 0 Å². The van der Waals surface area contributed by atoms with Crippen LogP contribution < -0.4 is 10.1 Å². The molecule has 112 valence electrons. The van der Waals surface area contributed by atoms with E-state index in [1.54, 1.807) is 0 Å². The Bertz CT molecular complexity index is 598. The molecule has 1 aromatic carbocycles. The van der Waals surface area contributed by atoms with Gasteiger partial charge in [-0.3, -0.25) is 14.9 Å². The second kappa shape index (κ2) is 5.76. The number of halogens is 4. The zero-order valence-corrected chi connectivity index (χ0v) is 10.9. The van der Waals surface area contributed by atoms with Gasteiger partial charge in [-0.05, 0) is 35.5 Å². The molecule has 9 heteroatoms. The SMILES string of the molecule is O=C1NC(=O)/C(=C/c2ccc(OC(F)C(F)(F)F)cc2)S1. The summed E-state index contributed by atoms with van der Waals surface area (Å²) in [4.78, 5) is 22.4. The third kappa shape index (κ3) is 3.97. The number of alkyl halides is 4. The topological polar surface area (TPSA) is 55.4 Å². The van der Waals surface area contributed by atoms with Crippen LogP contribution in [0.5, 0.6) is 5.75 Å². The van der Waals surface area contributed by atoms with Gasteiger partial charge in [0.15, 0.2) is 0 Å². The van der Waals surface area contributed by atoms with Gasteiger partial charge in [-0.1, -0.05) is 12.1 Å². The largest absolute Gasteiger partial charge is 0.457 e. The van der Waals surface area contributed by atoms with Crippen LogP contribution in [-0.4, -0.2) is 23.7 Å². The predicted molar refractivity (Wildman–Crippen MR) is 67.1 cm³/mol. The van der Waals surface area contributed by atoms with Crippen LogP contribution in [0, 0.1) is 0 Å². The minimum atomic E-state index is -5.10. The second-order valence-electron chi connectivity index (χ2n) is 3.90. The van der Waals surface area contributed by atoms with Crippen molar-refractivity contribution in [3.63, 3.8) is 0 Å². The summed E-state index contributed by atoms with van der Waals surface area (Å²) < 4.78 is 52.7. The molecule has 1 atom stereocenters. The van der Waals surface area contributed by atoms with Crippen molar-refractivity contribution in [2.75, 3.05) is 0 Å². The number of imide groups is 1. The monoisotopic (exact) mass is 321 g/mol. The first-order valence-corrected chi connectivity index (χ1v) is 6.30. The number of hydrogen-bond acceptors (Lipinski definition) is 4. The highest BCUT2D eigenvalue weighted by Crippen LogP contribution is 2.28. The molecule has 1 unspecified atom stereocenters. The average molecular weight is 321 g/mol. The van der Waals surface area contributed by atoms with Gasteiger partial charge in [0.05, 0.1) is 4.91 Å². The van der Waals surface area contributed by atoms with Crippen molar-refractivity contribution in [3.05, 3.63) is 34.7 Å². The molecule has 2 amide bonds. The van der Waals surface area contributed by atoms with Gasteiger partial charge in [-0.2, -0.15) is 17.6 Å². The van der Waals surface area contributed by atoms with Crippen LogP contribution in [0.25, 0.3) is 6.08 Å². The molecular weight excluding hydrogens is 314 g/mol. The molecule has 0 aliphatic carbocycles. The molecule has 4 nitrogen and oxygen atoms in total. The van der Waals surface area contributed by atoms with Gasteiger partial charge in [0.1, 0.15) is 5.75 Å². The lowest BCUT2D eigenvalue weighted by Gasteiger charge is -2.14. The van der Waals surface area contributed by atoms with E-state index in [0.29, 0.717) is 17.3 Å². The van der Waals surface area contributed by atoms with Gasteiger partial charge in [-0.25, -0.2) is 0 Å². The number of hydrogen-bond donors (Lipinski definition) is 1. The first-order chi connectivity index (χ1) is 9.75. The normalized spacial score (nSPS) is 18.8. The summed E-state index contributed by atoms with van der Waals surface area (Å²) in [6.45, 7) is 0. The molecule has 0 spiro atoms. The Hall–Kier alpha value is -2.03. The molecule has 2 rings (SSSR count). The van der Waals surface area contributed by atoms with Crippen LogP contribution in [0.4, 0.5) is 22.4 Å². The van der Waals surface area contributed by atoms with Crippen molar-refractivity contribution in [2.24, 2.45) is 0 Å². The lowest BCUT2D eigenvalue weighted by Crippen LogP contribution is -2.29. The van der Waals surface area contributed by atoms with E-state index in [2.05, 4.69) is 10.1 Å². The Labute approximate surface area is 120 Å². The summed E-state index contributed by atoms with van der Waals surface area (Å²) in [5.41, 5.74) is 0.456. The minimum Gasteiger partial charge on any atom is -0.452 e. The number of rotatable bonds is 3. The molecule has 1 aromatic rings. The Kier molecular flexibility index (Phi) is 4.21. The van der Waals surface area contributed by atoms with Crippen LogP contribution >= 0.6 is 11.8 Å². The van der Waals surface area contributed by atoms with Crippen molar-refractivity contribution >= 4 is 29.0 Å². The first kappa shape index (κ1) is 15.4. The number of ether oxygens (including phenoxy) is 1. The summed E-state index contributed by atoms with van der Waals surface area (Å²) in [5, 5.41) is 1.56. The molecule has 1 aliphatic heterocycles. The Morgan fingerprint density at radius 3 is 2.29 bits per heavy atom. The summed E-state index contributed by atoms with van der Waals surface area (Å²) in [7, 11) is 0. The fourth-order valence-electron chi connectivity index (χ4n) is 1.40. The van der Waals surface area contributed by atoms with Crippen molar-refractivity contribution in [1.29, 1.82) is 0 Å². The number of benzene rings is 1. The van der Waals surface area contributed by atoms with Crippen molar-refractivity contribution in [2.45, 2.75) is 12.5 Å². The summed E-state index contributed by atoms with van der Waals surface area (Å²) in [6, 6.07) is 4.93. The highest BCUT2D eigenvalue weighted by Gasteiger charge is 2.42. The van der Waals surface area contributed by atoms with Crippen LogP contribution in [0.15, 0.2) is 29.2 Å². The minimum absolute atomic E-state index is 0.160. The molecule has 21 heavy (non-hydrogen) atoms. The third-order valence-electron chi connectivity index (χ3n) is 2.32. The maximum absolute atomic E-state index is 12.7. The molecule has 0 aromatic heterocycles. The molecule has 0 radical (unpaired) electrons. The molecule has 0 saturated carbocycles. The first-order valence-electron chi connectivity index (χ1n) is 5.48. The van der Waals surface area contributed by atoms with E-state index in [0.717, 1.165) is 12.1 Å². The van der Waals surface area contributed by atoms with Crippen molar-refractivity contribution in [1.82, 2.24) is 5.32 Å². The van der Waals surface area contributed by atoms with Gasteiger partial charge in [0, 0.05) is 0 Å². The van der Waals surface area contributed by atoms with Crippen molar-refractivity contribution < 1.29 is 31.9 Å². The highest BCUT2D eigenvalue weighted by atomic mass is 32.2. The van der Waals surface area contributed by atoms with Crippen molar-refractivity contribution in [3.8, 4) is 5.75 Å². The summed E-state index contributed by atoms with van der Waals surface area (Å²) >= 11 is 0.708. The van der Waals surface area contributed by atoms with Crippen LogP contribution in [0.1, 0.15) is 5.56 Å². The molecule has 1 aliphatic rings. The van der Waals surface area contributed by atoms with E-state index in [-0.39, 0.29) is 10.7 Å². The Balaban J connectivity index is 2.08. The number of thioether (sulfide) groups is 1. The fraction of sp³-hybridized carbons (Fsp3) is 0.167. The summed E-state index contributed by atoms with van der Waals surface area (Å²) in [6.07, 6.45) is -7.12. The lowest BCUT2D eigenvalue weighted by molar-refractivity contribution is -0.236. The van der Waals surface area contributed by atoms with Gasteiger partial charge in [0.25, 0.3) is 11.1 Å². The quantitative estimate of drug-likeness (QED) is 0.686. The van der Waals surface area contributed by atoms with Crippen LogP contribution in [0.2, 0.25) is 0 Å². The molecule has 1 heterocycles. The Morgan fingerprint density at radius 2 is 1.81 bits per heavy atom. The van der Waals surface area contributed by atoms with E-state index in [4.69, 9.17) is 0 Å². The van der Waals surface area contributed by atoms with E-state index >= 15 is 0 Å².